The molecule has 1 aliphatic rings. The zero-order valence-electron chi connectivity index (χ0n) is 10.2. The Labute approximate surface area is 116 Å². The molecule has 2 N–H and O–H groups in total. The molecule has 1 aromatic heterocycles. The van der Waals surface area contributed by atoms with Crippen LogP contribution in [0.1, 0.15) is 32.2 Å². The standard InChI is InChI=1S/C13H15Cl2N3/c1-7-2-3-8(4-7)18-12-6-10(15)9(14)5-11(12)17-13(18)16/h5-8H,2-4H2,1H3,(H2,16,17). The van der Waals surface area contributed by atoms with Gasteiger partial charge in [0.15, 0.2) is 0 Å². The van der Waals surface area contributed by atoms with Crippen LogP contribution in [0.15, 0.2) is 12.1 Å². The molecule has 2 unspecified atom stereocenters. The third-order valence-corrected chi connectivity index (χ3v) is 4.51. The number of rotatable bonds is 1. The van der Waals surface area contributed by atoms with Crippen LogP contribution in [0.25, 0.3) is 11.0 Å². The maximum absolute atomic E-state index is 6.09. The zero-order chi connectivity index (χ0) is 12.9. The molecular formula is C13H15Cl2N3. The van der Waals surface area contributed by atoms with Gasteiger partial charge in [-0.05, 0) is 37.3 Å². The molecule has 1 fully saturated rings. The molecule has 96 valence electrons. The van der Waals surface area contributed by atoms with E-state index < -0.39 is 0 Å². The second-order valence-corrected chi connectivity index (χ2v) is 5.98. The van der Waals surface area contributed by atoms with Gasteiger partial charge in [-0.1, -0.05) is 30.1 Å². The predicted octanol–water partition coefficient (Wildman–Crippen LogP) is 4.29. The van der Waals surface area contributed by atoms with E-state index in [1.165, 1.54) is 6.42 Å². The topological polar surface area (TPSA) is 43.8 Å². The van der Waals surface area contributed by atoms with Gasteiger partial charge in [0.1, 0.15) is 0 Å². The van der Waals surface area contributed by atoms with Gasteiger partial charge in [0.2, 0.25) is 5.95 Å². The number of aromatic nitrogens is 2. The minimum absolute atomic E-state index is 0.433. The molecule has 2 aromatic rings. The van der Waals surface area contributed by atoms with Gasteiger partial charge in [-0.3, -0.25) is 0 Å². The molecule has 0 amide bonds. The molecule has 0 aliphatic heterocycles. The highest BCUT2D eigenvalue weighted by atomic mass is 35.5. The smallest absolute Gasteiger partial charge is 0.201 e. The van der Waals surface area contributed by atoms with Crippen LogP contribution < -0.4 is 5.73 Å². The molecule has 0 bridgehead atoms. The lowest BCUT2D eigenvalue weighted by molar-refractivity contribution is 0.510. The van der Waals surface area contributed by atoms with Gasteiger partial charge >= 0.3 is 0 Å². The average Bonchev–Trinajstić information content (AvgIpc) is 2.83. The number of anilines is 1. The Bertz CT molecular complexity index is 606. The molecular weight excluding hydrogens is 269 g/mol. The van der Waals surface area contributed by atoms with Gasteiger partial charge in [-0.25, -0.2) is 4.98 Å². The second-order valence-electron chi connectivity index (χ2n) is 5.17. The Balaban J connectivity index is 2.16. The predicted molar refractivity (Wildman–Crippen MR) is 76.2 cm³/mol. The molecule has 5 heteroatoms. The normalized spacial score (nSPS) is 23.9. The van der Waals surface area contributed by atoms with Crippen molar-refractivity contribution in [1.29, 1.82) is 0 Å². The van der Waals surface area contributed by atoms with E-state index in [4.69, 9.17) is 28.9 Å². The molecule has 0 spiro atoms. The number of imidazole rings is 1. The third kappa shape index (κ3) is 1.86. The van der Waals surface area contributed by atoms with Crippen LogP contribution in [0, 0.1) is 5.92 Å². The lowest BCUT2D eigenvalue weighted by Crippen LogP contribution is -2.09. The summed E-state index contributed by atoms with van der Waals surface area (Å²) < 4.78 is 2.11. The molecule has 0 radical (unpaired) electrons. The van der Waals surface area contributed by atoms with E-state index in [-0.39, 0.29) is 0 Å². The van der Waals surface area contributed by atoms with E-state index in [1.54, 1.807) is 6.07 Å². The molecule has 1 heterocycles. The zero-order valence-corrected chi connectivity index (χ0v) is 11.7. The average molecular weight is 284 g/mol. The number of nitrogens with zero attached hydrogens (tertiary/aromatic N) is 2. The fourth-order valence-electron chi connectivity index (χ4n) is 2.90. The first kappa shape index (κ1) is 12.1. The summed E-state index contributed by atoms with van der Waals surface area (Å²) in [5, 5.41) is 1.07. The fourth-order valence-corrected chi connectivity index (χ4v) is 3.22. The number of nitrogens with two attached hydrogens (primary N) is 1. The Morgan fingerprint density at radius 3 is 2.67 bits per heavy atom. The van der Waals surface area contributed by atoms with Crippen LogP contribution in [0.2, 0.25) is 10.0 Å². The summed E-state index contributed by atoms with van der Waals surface area (Å²) >= 11 is 12.1. The molecule has 3 nitrogen and oxygen atoms in total. The Morgan fingerprint density at radius 1 is 1.28 bits per heavy atom. The summed E-state index contributed by atoms with van der Waals surface area (Å²) in [6.07, 6.45) is 3.54. The van der Waals surface area contributed by atoms with Crippen molar-refractivity contribution in [2.45, 2.75) is 32.2 Å². The number of hydrogen-bond acceptors (Lipinski definition) is 2. The molecule has 1 saturated carbocycles. The van der Waals surface area contributed by atoms with Gasteiger partial charge < -0.3 is 10.3 Å². The minimum Gasteiger partial charge on any atom is -0.369 e. The summed E-state index contributed by atoms with van der Waals surface area (Å²) in [7, 11) is 0. The Hall–Kier alpha value is -0.930. The summed E-state index contributed by atoms with van der Waals surface area (Å²) in [6, 6.07) is 4.08. The van der Waals surface area contributed by atoms with Gasteiger partial charge in [-0.2, -0.15) is 0 Å². The number of nitrogen functional groups attached to an aromatic ring is 1. The minimum atomic E-state index is 0.433. The van der Waals surface area contributed by atoms with E-state index in [0.717, 1.165) is 29.8 Å². The van der Waals surface area contributed by atoms with Crippen molar-refractivity contribution in [2.24, 2.45) is 5.92 Å². The van der Waals surface area contributed by atoms with Crippen LogP contribution in [-0.2, 0) is 0 Å². The van der Waals surface area contributed by atoms with Crippen LogP contribution in [-0.4, -0.2) is 9.55 Å². The van der Waals surface area contributed by atoms with E-state index in [2.05, 4.69) is 16.5 Å². The summed E-state index contributed by atoms with van der Waals surface area (Å²) in [4.78, 5) is 4.38. The SMILES string of the molecule is CC1CCC(n2c(N)nc3cc(Cl)c(Cl)cc32)C1. The highest BCUT2D eigenvalue weighted by molar-refractivity contribution is 6.42. The van der Waals surface area contributed by atoms with Gasteiger partial charge in [0.05, 0.1) is 21.1 Å². The first-order valence-corrected chi connectivity index (χ1v) is 6.94. The van der Waals surface area contributed by atoms with E-state index in [9.17, 15) is 0 Å². The number of hydrogen-bond donors (Lipinski definition) is 1. The molecule has 1 aliphatic carbocycles. The van der Waals surface area contributed by atoms with Crippen LogP contribution in [0.5, 0.6) is 0 Å². The van der Waals surface area contributed by atoms with Crippen molar-refractivity contribution in [3.8, 4) is 0 Å². The highest BCUT2D eigenvalue weighted by Crippen LogP contribution is 2.39. The highest BCUT2D eigenvalue weighted by Gasteiger charge is 2.26. The first-order valence-electron chi connectivity index (χ1n) is 6.18. The number of fused-ring (bicyclic) bond motifs is 1. The van der Waals surface area contributed by atoms with Crippen molar-refractivity contribution in [1.82, 2.24) is 9.55 Å². The quantitative estimate of drug-likeness (QED) is 0.849. The van der Waals surface area contributed by atoms with Crippen LogP contribution in [0.4, 0.5) is 5.95 Å². The molecule has 0 saturated heterocycles. The van der Waals surface area contributed by atoms with Gasteiger partial charge in [0.25, 0.3) is 0 Å². The summed E-state index contributed by atoms with van der Waals surface area (Å²) in [5.74, 6) is 1.30. The van der Waals surface area contributed by atoms with Crippen molar-refractivity contribution in [3.05, 3.63) is 22.2 Å². The fraction of sp³-hybridized carbons (Fsp3) is 0.462. The third-order valence-electron chi connectivity index (χ3n) is 3.79. The Kier molecular flexibility index (Phi) is 2.91. The van der Waals surface area contributed by atoms with Crippen molar-refractivity contribution in [2.75, 3.05) is 5.73 Å². The number of benzene rings is 1. The molecule has 2 atom stereocenters. The Morgan fingerprint density at radius 2 is 2.00 bits per heavy atom. The monoisotopic (exact) mass is 283 g/mol. The largest absolute Gasteiger partial charge is 0.369 e. The first-order chi connectivity index (χ1) is 8.56. The summed E-state index contributed by atoms with van der Waals surface area (Å²) in [5.41, 5.74) is 7.85. The van der Waals surface area contributed by atoms with Crippen molar-refractivity contribution < 1.29 is 0 Å². The van der Waals surface area contributed by atoms with E-state index in [1.807, 2.05) is 6.07 Å². The van der Waals surface area contributed by atoms with Gasteiger partial charge in [-0.15, -0.1) is 0 Å². The maximum Gasteiger partial charge on any atom is 0.201 e. The molecule has 3 rings (SSSR count). The van der Waals surface area contributed by atoms with Crippen LogP contribution in [0.3, 0.4) is 0 Å². The summed E-state index contributed by atoms with van der Waals surface area (Å²) in [6.45, 7) is 2.28. The number of halogens is 2. The van der Waals surface area contributed by atoms with Crippen LogP contribution >= 0.6 is 23.2 Å². The van der Waals surface area contributed by atoms with E-state index in [0.29, 0.717) is 22.0 Å². The lowest BCUT2D eigenvalue weighted by Gasteiger charge is -2.14. The molecule has 18 heavy (non-hydrogen) atoms. The van der Waals surface area contributed by atoms with Crippen molar-refractivity contribution >= 4 is 40.2 Å². The lowest BCUT2D eigenvalue weighted by atomic mass is 10.1. The van der Waals surface area contributed by atoms with Gasteiger partial charge in [0, 0.05) is 6.04 Å². The van der Waals surface area contributed by atoms with E-state index >= 15 is 0 Å². The van der Waals surface area contributed by atoms with Crippen molar-refractivity contribution in [3.63, 3.8) is 0 Å². The second kappa shape index (κ2) is 4.32. The molecule has 1 aromatic carbocycles. The maximum atomic E-state index is 6.09.